The Morgan fingerprint density at radius 1 is 1.11 bits per heavy atom. The van der Waals surface area contributed by atoms with Crippen LogP contribution in [-0.2, 0) is 4.79 Å². The minimum Gasteiger partial charge on any atom is -0.504 e. The third kappa shape index (κ3) is 5.21. The number of nitrogens with one attached hydrogen (secondary N) is 2. The number of hydrazone groups is 1. The number of phenolic OH excluding ortho intramolecular Hbond substituents is 1. The van der Waals surface area contributed by atoms with Crippen molar-refractivity contribution in [1.29, 1.82) is 0 Å². The van der Waals surface area contributed by atoms with Gasteiger partial charge in [-0.1, -0.05) is 6.07 Å². The van der Waals surface area contributed by atoms with Gasteiger partial charge in [-0.25, -0.2) is 5.43 Å². The minimum atomic E-state index is -0.810. The normalized spacial score (nSPS) is 11.7. The van der Waals surface area contributed by atoms with E-state index in [0.29, 0.717) is 22.6 Å². The van der Waals surface area contributed by atoms with Crippen molar-refractivity contribution in [2.45, 2.75) is 13.0 Å². The lowest BCUT2D eigenvalue weighted by atomic mass is 10.2. The molecule has 0 aromatic heterocycles. The first-order valence-electron chi connectivity index (χ1n) is 8.10. The second kappa shape index (κ2) is 9.23. The van der Waals surface area contributed by atoms with Gasteiger partial charge in [0.15, 0.2) is 11.5 Å². The smallest absolute Gasteiger partial charge is 0.262 e. The van der Waals surface area contributed by atoms with Crippen LogP contribution >= 0.6 is 0 Å². The summed E-state index contributed by atoms with van der Waals surface area (Å²) in [5.41, 5.74) is 3.10. The summed E-state index contributed by atoms with van der Waals surface area (Å²) in [6, 6.07) is 10.6. The average Bonchev–Trinajstić information content (AvgIpc) is 2.69. The van der Waals surface area contributed by atoms with Crippen molar-refractivity contribution in [3.8, 4) is 17.2 Å². The van der Waals surface area contributed by atoms with Gasteiger partial charge in [0.2, 0.25) is 0 Å². The molecule has 0 fully saturated rings. The molecule has 8 nitrogen and oxygen atoms in total. The van der Waals surface area contributed by atoms with Crippen LogP contribution < -0.4 is 20.2 Å². The number of rotatable bonds is 7. The highest BCUT2D eigenvalue weighted by Crippen LogP contribution is 2.27. The molecule has 0 saturated heterocycles. The van der Waals surface area contributed by atoms with Crippen molar-refractivity contribution in [1.82, 2.24) is 10.7 Å². The molecule has 0 aliphatic rings. The summed E-state index contributed by atoms with van der Waals surface area (Å²) < 4.78 is 10.0. The zero-order chi connectivity index (χ0) is 19.8. The second-order valence-electron chi connectivity index (χ2n) is 5.56. The summed E-state index contributed by atoms with van der Waals surface area (Å²) in [6.45, 7) is 1.54. The Kier molecular flexibility index (Phi) is 6.76. The largest absolute Gasteiger partial charge is 0.504 e. The number of hydrogen-bond donors (Lipinski definition) is 3. The van der Waals surface area contributed by atoms with E-state index in [0.717, 1.165) is 0 Å². The van der Waals surface area contributed by atoms with E-state index < -0.39 is 17.9 Å². The fourth-order valence-electron chi connectivity index (χ4n) is 2.16. The molecule has 2 aromatic carbocycles. The van der Waals surface area contributed by atoms with E-state index in [1.807, 2.05) is 0 Å². The van der Waals surface area contributed by atoms with Crippen LogP contribution in [0, 0.1) is 0 Å². The molecule has 0 bridgehead atoms. The zero-order valence-corrected chi connectivity index (χ0v) is 15.2. The van der Waals surface area contributed by atoms with E-state index in [1.165, 1.54) is 27.4 Å². The molecule has 0 aliphatic heterocycles. The highest BCUT2D eigenvalue weighted by Gasteiger charge is 2.16. The van der Waals surface area contributed by atoms with E-state index in [-0.39, 0.29) is 5.75 Å². The fourth-order valence-corrected chi connectivity index (χ4v) is 2.16. The van der Waals surface area contributed by atoms with Crippen molar-refractivity contribution in [2.24, 2.45) is 5.10 Å². The number of carbonyl (C=O) groups is 2. The van der Waals surface area contributed by atoms with Gasteiger partial charge < -0.3 is 19.9 Å². The third-order valence-corrected chi connectivity index (χ3v) is 3.72. The van der Waals surface area contributed by atoms with Gasteiger partial charge in [-0.05, 0) is 43.3 Å². The van der Waals surface area contributed by atoms with Gasteiger partial charge in [0.05, 0.1) is 20.4 Å². The van der Waals surface area contributed by atoms with Crippen LogP contribution in [0.2, 0.25) is 0 Å². The van der Waals surface area contributed by atoms with Gasteiger partial charge in [0, 0.05) is 11.1 Å². The molecule has 0 spiro atoms. The summed E-state index contributed by atoms with van der Waals surface area (Å²) in [5.74, 6) is -0.0538. The van der Waals surface area contributed by atoms with Crippen LogP contribution in [0.4, 0.5) is 0 Å². The molecular weight excluding hydrogens is 350 g/mol. The van der Waals surface area contributed by atoms with Gasteiger partial charge >= 0.3 is 0 Å². The quantitative estimate of drug-likeness (QED) is 0.507. The molecule has 2 aromatic rings. The van der Waals surface area contributed by atoms with Crippen LogP contribution in [0.25, 0.3) is 0 Å². The number of benzene rings is 2. The summed E-state index contributed by atoms with van der Waals surface area (Å²) in [5, 5.41) is 16.3. The zero-order valence-electron chi connectivity index (χ0n) is 15.2. The maximum absolute atomic E-state index is 12.2. The number of aromatic hydroxyl groups is 1. The van der Waals surface area contributed by atoms with Crippen LogP contribution in [0.5, 0.6) is 17.2 Å². The Morgan fingerprint density at radius 3 is 2.44 bits per heavy atom. The Bertz CT molecular complexity index is 834. The number of ether oxygens (including phenoxy) is 2. The summed E-state index contributed by atoms with van der Waals surface area (Å²) in [4.78, 5) is 24.2. The topological polar surface area (TPSA) is 109 Å². The van der Waals surface area contributed by atoms with Crippen LogP contribution in [0.3, 0.4) is 0 Å². The predicted molar refractivity (Wildman–Crippen MR) is 100 cm³/mol. The van der Waals surface area contributed by atoms with Crippen LogP contribution in [-0.4, -0.2) is 43.4 Å². The molecule has 0 heterocycles. The van der Waals surface area contributed by atoms with E-state index in [2.05, 4.69) is 15.8 Å². The molecule has 142 valence electrons. The van der Waals surface area contributed by atoms with Crippen molar-refractivity contribution in [3.63, 3.8) is 0 Å². The van der Waals surface area contributed by atoms with Crippen molar-refractivity contribution in [2.75, 3.05) is 14.2 Å². The maximum atomic E-state index is 12.2. The molecule has 0 saturated carbocycles. The molecular formula is C19H21N3O5. The van der Waals surface area contributed by atoms with Crippen molar-refractivity contribution >= 4 is 18.0 Å². The van der Waals surface area contributed by atoms with Crippen LogP contribution in [0.1, 0.15) is 22.8 Å². The molecule has 27 heavy (non-hydrogen) atoms. The lowest BCUT2D eigenvalue weighted by Crippen LogP contribution is -2.43. The molecule has 1 unspecified atom stereocenters. The highest BCUT2D eigenvalue weighted by atomic mass is 16.5. The molecule has 1 atom stereocenters. The van der Waals surface area contributed by atoms with Gasteiger partial charge in [0.1, 0.15) is 11.8 Å². The first kappa shape index (κ1) is 19.8. The molecule has 8 heteroatoms. The van der Waals surface area contributed by atoms with E-state index in [1.54, 1.807) is 42.5 Å². The SMILES string of the molecule is COc1ccc(C(=O)NC(C)C(=O)NN=Cc2cccc(OC)c2O)cc1. The first-order valence-corrected chi connectivity index (χ1v) is 8.10. The third-order valence-electron chi connectivity index (χ3n) is 3.72. The lowest BCUT2D eigenvalue weighted by molar-refractivity contribution is -0.122. The molecule has 3 N–H and O–H groups in total. The Labute approximate surface area is 156 Å². The highest BCUT2D eigenvalue weighted by molar-refractivity contribution is 5.97. The minimum absolute atomic E-state index is 0.0844. The fraction of sp³-hybridized carbons (Fsp3) is 0.211. The van der Waals surface area contributed by atoms with Crippen LogP contribution in [0.15, 0.2) is 47.6 Å². The lowest BCUT2D eigenvalue weighted by Gasteiger charge is -2.12. The second-order valence-corrected chi connectivity index (χ2v) is 5.56. The molecule has 2 rings (SSSR count). The van der Waals surface area contributed by atoms with Gasteiger partial charge in [-0.15, -0.1) is 0 Å². The summed E-state index contributed by atoms with van der Waals surface area (Å²) >= 11 is 0. The van der Waals surface area contributed by atoms with Crippen molar-refractivity contribution in [3.05, 3.63) is 53.6 Å². The number of hydrogen-bond acceptors (Lipinski definition) is 6. The number of nitrogens with zero attached hydrogens (tertiary/aromatic N) is 1. The first-order chi connectivity index (χ1) is 13.0. The van der Waals surface area contributed by atoms with E-state index in [4.69, 9.17) is 9.47 Å². The van der Waals surface area contributed by atoms with E-state index in [9.17, 15) is 14.7 Å². The number of para-hydroxylation sites is 1. The standard InChI is InChI=1S/C19H21N3O5/c1-12(21-19(25)13-7-9-15(26-2)10-8-13)18(24)22-20-11-14-5-4-6-16(27-3)17(14)23/h4-12,23H,1-3H3,(H,21,25)(H,22,24). The van der Waals surface area contributed by atoms with Gasteiger partial charge in [-0.2, -0.15) is 5.10 Å². The number of carbonyl (C=O) groups excluding carboxylic acids is 2. The molecule has 0 aliphatic carbocycles. The Hall–Kier alpha value is -3.55. The molecule has 2 amide bonds. The predicted octanol–water partition coefficient (Wildman–Crippen LogP) is 1.68. The Balaban J connectivity index is 1.92. The monoisotopic (exact) mass is 371 g/mol. The van der Waals surface area contributed by atoms with Crippen molar-refractivity contribution < 1.29 is 24.2 Å². The average molecular weight is 371 g/mol. The van der Waals surface area contributed by atoms with E-state index >= 15 is 0 Å². The Morgan fingerprint density at radius 2 is 1.81 bits per heavy atom. The van der Waals surface area contributed by atoms with Gasteiger partial charge in [0.25, 0.3) is 11.8 Å². The summed E-state index contributed by atoms with van der Waals surface area (Å²) in [6.07, 6.45) is 1.29. The summed E-state index contributed by atoms with van der Waals surface area (Å²) in [7, 11) is 2.97. The number of amides is 2. The maximum Gasteiger partial charge on any atom is 0.262 e. The number of phenols is 1. The molecule has 0 radical (unpaired) electrons. The number of methoxy groups -OCH3 is 2. The van der Waals surface area contributed by atoms with Gasteiger partial charge in [-0.3, -0.25) is 9.59 Å².